The van der Waals surface area contributed by atoms with Gasteiger partial charge in [0.15, 0.2) is 0 Å². The SMILES string of the molecule is [2H]C([2H])([2H])c1cc(-n2c3ccccc3c3ccc(Oc4ccc5c(c4)C(n4[c](=[Pt])n(-c6c(-c7ccccc7)cccc6-c6ccccc6)c6ccccc64)CCC5C)cc32)ncc1-c1ccc(C(C)(C)C)cc1. The van der Waals surface area contributed by atoms with Crippen molar-refractivity contribution in [2.75, 3.05) is 0 Å². The van der Waals surface area contributed by atoms with Crippen molar-refractivity contribution in [1.82, 2.24) is 18.7 Å². The molecule has 2 atom stereocenters. The normalized spacial score (nSPS) is 15.7. The summed E-state index contributed by atoms with van der Waals surface area (Å²) in [5, 5.41) is 2.06. The number of imidazole rings is 1. The maximum absolute atomic E-state index is 8.71. The van der Waals surface area contributed by atoms with E-state index in [2.05, 4.69) is 218 Å². The molecule has 70 heavy (non-hydrogen) atoms. The van der Waals surface area contributed by atoms with Crippen LogP contribution in [0.4, 0.5) is 0 Å². The Labute approximate surface area is 424 Å². The van der Waals surface area contributed by atoms with Gasteiger partial charge in [-0.1, -0.05) is 63.2 Å². The van der Waals surface area contributed by atoms with Gasteiger partial charge in [0.1, 0.15) is 0 Å². The van der Waals surface area contributed by atoms with Gasteiger partial charge in [0, 0.05) is 15.9 Å². The molecule has 0 spiro atoms. The van der Waals surface area contributed by atoms with E-state index in [9.17, 15) is 0 Å². The fourth-order valence-electron chi connectivity index (χ4n) is 10.8. The van der Waals surface area contributed by atoms with Crippen LogP contribution in [0.5, 0.6) is 11.5 Å². The molecule has 12 rings (SSSR count). The zero-order valence-corrected chi connectivity index (χ0v) is 41.9. The smallest absolute Gasteiger partial charge is 0.0374 e. The first kappa shape index (κ1) is 40.5. The molecule has 0 radical (unpaired) electrons. The third-order valence-corrected chi connectivity index (χ3v) is 15.4. The molecule has 0 fully saturated rings. The number of hydrogen-bond acceptors (Lipinski definition) is 2. The van der Waals surface area contributed by atoms with Crippen molar-refractivity contribution >= 4 is 32.8 Å². The third-order valence-electron chi connectivity index (χ3n) is 14.4. The van der Waals surface area contributed by atoms with Gasteiger partial charge in [-0.3, -0.25) is 0 Å². The monoisotopic (exact) mass is 1090 g/mol. The van der Waals surface area contributed by atoms with Crippen LogP contribution in [-0.4, -0.2) is 18.7 Å². The van der Waals surface area contributed by atoms with Gasteiger partial charge in [-0.15, -0.1) is 0 Å². The Kier molecular flexibility index (Phi) is 10.2. The van der Waals surface area contributed by atoms with Gasteiger partial charge in [0.25, 0.3) is 0 Å². The van der Waals surface area contributed by atoms with Crippen molar-refractivity contribution in [3.05, 3.63) is 226 Å². The number of pyridine rings is 1. The fraction of sp³-hybridized carbons (Fsp3) is 0.156. The molecule has 346 valence electrons. The van der Waals surface area contributed by atoms with Gasteiger partial charge >= 0.3 is 302 Å². The minimum absolute atomic E-state index is 0.0284. The molecule has 3 heterocycles. The van der Waals surface area contributed by atoms with Crippen molar-refractivity contribution in [1.29, 1.82) is 0 Å². The van der Waals surface area contributed by atoms with Crippen LogP contribution in [-0.2, 0) is 24.8 Å². The topological polar surface area (TPSA) is 36.9 Å². The number of aryl methyl sites for hydroxylation is 1. The van der Waals surface area contributed by atoms with E-state index in [1.54, 1.807) is 12.3 Å². The summed E-state index contributed by atoms with van der Waals surface area (Å²) < 4.78 is 41.3. The number of hydrogen-bond donors (Lipinski definition) is 0. The van der Waals surface area contributed by atoms with Crippen molar-refractivity contribution in [3.63, 3.8) is 0 Å². The van der Waals surface area contributed by atoms with Gasteiger partial charge in [-0.05, 0) is 41.1 Å². The molecule has 0 bridgehead atoms. The van der Waals surface area contributed by atoms with Crippen LogP contribution in [0.2, 0.25) is 0 Å². The maximum Gasteiger partial charge on any atom is 0.0374 e. The third kappa shape index (κ3) is 7.59. The summed E-state index contributed by atoms with van der Waals surface area (Å²) in [7, 11) is 0. The number of rotatable bonds is 8. The second-order valence-electron chi connectivity index (χ2n) is 19.7. The van der Waals surface area contributed by atoms with Crippen LogP contribution in [0.25, 0.3) is 77.7 Å². The predicted molar refractivity (Wildman–Crippen MR) is 285 cm³/mol. The minimum Gasteiger partial charge on any atom is -0.238 e. The Morgan fingerprint density at radius 3 is 1.87 bits per heavy atom. The molecule has 0 saturated carbocycles. The molecular formula is C64H54N4OPt. The van der Waals surface area contributed by atoms with Crippen molar-refractivity contribution in [2.24, 2.45) is 0 Å². The van der Waals surface area contributed by atoms with Crippen LogP contribution in [0, 0.1) is 10.7 Å². The second kappa shape index (κ2) is 17.6. The number of para-hydroxylation sites is 4. The predicted octanol–water partition coefficient (Wildman–Crippen LogP) is 16.9. The van der Waals surface area contributed by atoms with Crippen molar-refractivity contribution in [2.45, 2.75) is 64.8 Å². The van der Waals surface area contributed by atoms with Gasteiger partial charge in [0.05, 0.1) is 0 Å². The first-order valence-corrected chi connectivity index (χ1v) is 25.3. The molecule has 0 amide bonds. The average molecular weight is 1090 g/mol. The molecule has 5 nitrogen and oxygen atoms in total. The van der Waals surface area contributed by atoms with E-state index in [4.69, 9.17) is 13.8 Å². The largest absolute Gasteiger partial charge is 0.238 e. The van der Waals surface area contributed by atoms with E-state index in [0.29, 0.717) is 23.0 Å². The summed E-state index contributed by atoms with van der Waals surface area (Å²) >= 11 is 2.57. The zero-order valence-electron chi connectivity index (χ0n) is 42.6. The fourth-order valence-corrected chi connectivity index (χ4v) is 12.0. The molecule has 1 aliphatic carbocycles. The van der Waals surface area contributed by atoms with Crippen LogP contribution < -0.4 is 4.74 Å². The summed E-state index contributed by atoms with van der Waals surface area (Å²) in [6.45, 7) is 6.48. The van der Waals surface area contributed by atoms with Crippen LogP contribution in [0.3, 0.4) is 0 Å². The Morgan fingerprint density at radius 2 is 1.17 bits per heavy atom. The molecule has 11 aromatic rings. The Bertz CT molecular complexity index is 3900. The van der Waals surface area contributed by atoms with Crippen LogP contribution in [0.15, 0.2) is 200 Å². The average Bonchev–Trinajstić information content (AvgIpc) is 3.89. The quantitative estimate of drug-likeness (QED) is 0.152. The molecule has 2 unspecified atom stereocenters. The van der Waals surface area contributed by atoms with E-state index in [0.717, 1.165) is 61.0 Å². The molecule has 8 aromatic carbocycles. The molecule has 1 aliphatic rings. The zero-order chi connectivity index (χ0) is 50.2. The Balaban J connectivity index is 0.963. The summed E-state index contributed by atoms with van der Waals surface area (Å²) in [5.74, 6) is 2.34. The summed E-state index contributed by atoms with van der Waals surface area (Å²) in [5.41, 5.74) is 15.4. The van der Waals surface area contributed by atoms with Gasteiger partial charge < -0.3 is 0 Å². The van der Waals surface area contributed by atoms with Crippen LogP contribution >= 0.6 is 0 Å². The Hall–Kier alpha value is -7.33. The van der Waals surface area contributed by atoms with Gasteiger partial charge in [-0.2, -0.15) is 0 Å². The van der Waals surface area contributed by atoms with E-state index in [1.165, 1.54) is 44.5 Å². The first-order chi connectivity index (χ1) is 35.3. The molecule has 0 aliphatic heterocycles. The van der Waals surface area contributed by atoms with Gasteiger partial charge in [0.2, 0.25) is 0 Å². The van der Waals surface area contributed by atoms with Crippen molar-refractivity contribution < 1.29 is 28.2 Å². The standard InChI is InChI=1S/C64H54N4O.Pt/c1-42-27-36-57(66-41-67(60-26-15-14-25-59(60)66)63-51(44-17-8-6-9-18-44)22-16-23-52(63)45-19-10-7-11-20-45)55-38-48(32-34-50(42)55)69-49-33-35-54-53-21-12-13-24-58(53)68(61(54)39-49)62-37-43(2)56(40-65-62)46-28-30-47(31-29-46)64(3,4)5;/h6-26,28-35,37-40,42,57H,27,36H2,1-5H3;/i2D3;. The number of benzene rings is 8. The molecule has 3 aromatic heterocycles. The summed E-state index contributed by atoms with van der Waals surface area (Å²) in [6, 6.07) is 67.9. The minimum atomic E-state index is -2.38. The first-order valence-electron chi connectivity index (χ1n) is 25.7. The Morgan fingerprint density at radius 1 is 0.557 bits per heavy atom. The van der Waals surface area contributed by atoms with Gasteiger partial charge in [-0.25, -0.2) is 4.98 Å². The second-order valence-corrected chi connectivity index (χ2v) is 20.7. The van der Waals surface area contributed by atoms with E-state index in [1.807, 2.05) is 30.3 Å². The van der Waals surface area contributed by atoms with Crippen molar-refractivity contribution in [3.8, 4) is 56.4 Å². The number of nitrogens with zero attached hydrogens (tertiary/aromatic N) is 4. The maximum atomic E-state index is 8.71. The summed E-state index contributed by atoms with van der Waals surface area (Å²) in [6.07, 6.45) is 3.74. The molecule has 0 saturated heterocycles. The molecule has 6 heteroatoms. The van der Waals surface area contributed by atoms with E-state index < -0.39 is 6.85 Å². The number of fused-ring (bicyclic) bond motifs is 5. The van der Waals surface area contributed by atoms with E-state index in [-0.39, 0.29) is 17.0 Å². The number of ether oxygens (including phenoxy) is 1. The van der Waals surface area contributed by atoms with E-state index >= 15 is 0 Å². The number of aromatic nitrogens is 4. The molecule has 0 N–H and O–H groups in total. The summed E-state index contributed by atoms with van der Waals surface area (Å²) in [4.78, 5) is 5.01. The molecular weight excluding hydrogens is 1040 g/mol. The van der Waals surface area contributed by atoms with Crippen LogP contribution in [0.1, 0.15) is 78.9 Å².